The zero-order chi connectivity index (χ0) is 8.39. The Kier molecular flexibility index (Phi) is 1.78. The lowest BCUT2D eigenvalue weighted by atomic mass is 10.1. The second-order valence-electron chi connectivity index (χ2n) is 2.98. The molecule has 0 fully saturated rings. The normalized spacial score (nSPS) is 14.9. The molecule has 12 heavy (non-hydrogen) atoms. The standard InChI is InChI=1S/C11H11N/c1-12-8-9-6-10-4-2-3-5-11(10)7-9/h2-6,8H,7H2,1H3/b12-8+. The quantitative estimate of drug-likeness (QED) is 0.555. The molecule has 0 radical (unpaired) electrons. The summed E-state index contributed by atoms with van der Waals surface area (Å²) >= 11 is 0. The first kappa shape index (κ1) is 7.29. The van der Waals surface area contributed by atoms with Gasteiger partial charge in [0.1, 0.15) is 0 Å². The van der Waals surface area contributed by atoms with E-state index < -0.39 is 0 Å². The van der Waals surface area contributed by atoms with Gasteiger partial charge in [0.25, 0.3) is 0 Å². The predicted molar refractivity (Wildman–Crippen MR) is 52.5 cm³/mol. The summed E-state index contributed by atoms with van der Waals surface area (Å²) in [6, 6.07) is 8.47. The molecular weight excluding hydrogens is 146 g/mol. The summed E-state index contributed by atoms with van der Waals surface area (Å²) in [5.74, 6) is 0. The third-order valence-electron chi connectivity index (χ3n) is 2.09. The Morgan fingerprint density at radius 1 is 1.33 bits per heavy atom. The van der Waals surface area contributed by atoms with Gasteiger partial charge in [0.2, 0.25) is 0 Å². The zero-order valence-corrected chi connectivity index (χ0v) is 7.12. The Bertz CT molecular complexity index is 348. The van der Waals surface area contributed by atoms with Crippen molar-refractivity contribution in [2.45, 2.75) is 6.42 Å². The van der Waals surface area contributed by atoms with Gasteiger partial charge in [0.15, 0.2) is 0 Å². The lowest BCUT2D eigenvalue weighted by molar-refractivity contribution is 1.27. The maximum Gasteiger partial charge on any atom is 0.0277 e. The summed E-state index contributed by atoms with van der Waals surface area (Å²) < 4.78 is 0. The Morgan fingerprint density at radius 2 is 2.17 bits per heavy atom. The molecule has 1 aromatic carbocycles. The highest BCUT2D eigenvalue weighted by Gasteiger charge is 2.08. The van der Waals surface area contributed by atoms with E-state index in [1.54, 1.807) is 0 Å². The van der Waals surface area contributed by atoms with Crippen LogP contribution < -0.4 is 0 Å². The fourth-order valence-electron chi connectivity index (χ4n) is 1.56. The van der Waals surface area contributed by atoms with Gasteiger partial charge in [-0.2, -0.15) is 0 Å². The highest BCUT2D eigenvalue weighted by Crippen LogP contribution is 2.22. The minimum Gasteiger partial charge on any atom is -0.296 e. The first-order chi connectivity index (χ1) is 5.90. The van der Waals surface area contributed by atoms with Crippen LogP contribution >= 0.6 is 0 Å². The van der Waals surface area contributed by atoms with E-state index in [1.165, 1.54) is 16.7 Å². The van der Waals surface area contributed by atoms with E-state index in [4.69, 9.17) is 0 Å². The molecule has 0 bridgehead atoms. The largest absolute Gasteiger partial charge is 0.296 e. The highest BCUT2D eigenvalue weighted by molar-refractivity contribution is 5.89. The number of fused-ring (bicyclic) bond motifs is 1. The van der Waals surface area contributed by atoms with E-state index in [1.807, 2.05) is 13.3 Å². The summed E-state index contributed by atoms with van der Waals surface area (Å²) in [5.41, 5.74) is 4.05. The van der Waals surface area contributed by atoms with Crippen LogP contribution in [0.1, 0.15) is 11.1 Å². The molecule has 0 heterocycles. The number of aliphatic imine (C=N–C) groups is 1. The van der Waals surface area contributed by atoms with Gasteiger partial charge in [0.05, 0.1) is 0 Å². The third-order valence-corrected chi connectivity index (χ3v) is 2.09. The second kappa shape index (κ2) is 2.94. The van der Waals surface area contributed by atoms with Gasteiger partial charge in [-0.1, -0.05) is 24.3 Å². The topological polar surface area (TPSA) is 12.4 Å². The monoisotopic (exact) mass is 157 g/mol. The van der Waals surface area contributed by atoms with Crippen molar-refractivity contribution in [2.24, 2.45) is 4.99 Å². The SMILES string of the molecule is C/N=C/C1=Cc2ccccc2C1. The number of hydrogen-bond donors (Lipinski definition) is 0. The van der Waals surface area contributed by atoms with Crippen molar-refractivity contribution in [3.63, 3.8) is 0 Å². The van der Waals surface area contributed by atoms with Crippen molar-refractivity contribution >= 4 is 12.3 Å². The van der Waals surface area contributed by atoms with Crippen molar-refractivity contribution in [3.8, 4) is 0 Å². The zero-order valence-electron chi connectivity index (χ0n) is 7.12. The molecular formula is C11H11N. The Hall–Kier alpha value is -1.37. The van der Waals surface area contributed by atoms with E-state index in [-0.39, 0.29) is 0 Å². The first-order valence-electron chi connectivity index (χ1n) is 4.11. The van der Waals surface area contributed by atoms with Crippen molar-refractivity contribution in [1.82, 2.24) is 0 Å². The van der Waals surface area contributed by atoms with Crippen LogP contribution in [0.2, 0.25) is 0 Å². The number of allylic oxidation sites excluding steroid dienone is 1. The number of hydrogen-bond acceptors (Lipinski definition) is 1. The minimum atomic E-state index is 1.04. The van der Waals surface area contributed by atoms with Crippen molar-refractivity contribution in [1.29, 1.82) is 0 Å². The molecule has 2 rings (SSSR count). The minimum absolute atomic E-state index is 1.04. The number of nitrogens with zero attached hydrogens (tertiary/aromatic N) is 1. The van der Waals surface area contributed by atoms with Crippen LogP contribution in [0.4, 0.5) is 0 Å². The Morgan fingerprint density at radius 3 is 2.92 bits per heavy atom. The van der Waals surface area contributed by atoms with Crippen LogP contribution in [-0.2, 0) is 6.42 Å². The van der Waals surface area contributed by atoms with Gasteiger partial charge in [-0.25, -0.2) is 0 Å². The van der Waals surface area contributed by atoms with Crippen molar-refractivity contribution in [3.05, 3.63) is 41.0 Å². The van der Waals surface area contributed by atoms with E-state index in [9.17, 15) is 0 Å². The molecule has 1 nitrogen and oxygen atoms in total. The predicted octanol–water partition coefficient (Wildman–Crippen LogP) is 2.33. The molecule has 0 N–H and O–H groups in total. The second-order valence-corrected chi connectivity index (χ2v) is 2.98. The van der Waals surface area contributed by atoms with E-state index in [0.717, 1.165) is 6.42 Å². The maximum atomic E-state index is 4.01. The Labute approximate surface area is 72.5 Å². The summed E-state index contributed by atoms with van der Waals surface area (Å²) in [6.45, 7) is 0. The molecule has 0 amide bonds. The van der Waals surface area contributed by atoms with Gasteiger partial charge in [0, 0.05) is 13.3 Å². The number of rotatable bonds is 1. The first-order valence-corrected chi connectivity index (χ1v) is 4.11. The summed E-state index contributed by atoms with van der Waals surface area (Å²) in [5, 5.41) is 0. The number of benzene rings is 1. The third kappa shape index (κ3) is 1.18. The lowest BCUT2D eigenvalue weighted by Crippen LogP contribution is -1.84. The average Bonchev–Trinajstić information content (AvgIpc) is 2.47. The molecule has 0 spiro atoms. The molecule has 1 aliphatic rings. The molecule has 0 unspecified atom stereocenters. The molecule has 1 aromatic rings. The molecule has 1 aliphatic carbocycles. The molecule has 0 saturated carbocycles. The summed E-state index contributed by atoms with van der Waals surface area (Å²) in [4.78, 5) is 4.01. The van der Waals surface area contributed by atoms with Gasteiger partial charge in [-0.3, -0.25) is 4.99 Å². The van der Waals surface area contributed by atoms with Crippen LogP contribution in [0, 0.1) is 0 Å². The molecule has 0 saturated heterocycles. The molecule has 60 valence electrons. The fraction of sp³-hybridized carbons (Fsp3) is 0.182. The summed E-state index contributed by atoms with van der Waals surface area (Å²) in [6.07, 6.45) is 5.16. The van der Waals surface area contributed by atoms with Crippen LogP contribution in [0.5, 0.6) is 0 Å². The highest BCUT2D eigenvalue weighted by atomic mass is 14.6. The lowest BCUT2D eigenvalue weighted by Gasteiger charge is -1.94. The van der Waals surface area contributed by atoms with E-state index >= 15 is 0 Å². The van der Waals surface area contributed by atoms with Gasteiger partial charge in [-0.05, 0) is 29.2 Å². The molecule has 0 aromatic heterocycles. The van der Waals surface area contributed by atoms with E-state index in [0.29, 0.717) is 0 Å². The van der Waals surface area contributed by atoms with Crippen molar-refractivity contribution < 1.29 is 0 Å². The van der Waals surface area contributed by atoms with E-state index in [2.05, 4.69) is 35.3 Å². The van der Waals surface area contributed by atoms with Gasteiger partial charge < -0.3 is 0 Å². The van der Waals surface area contributed by atoms with Gasteiger partial charge in [-0.15, -0.1) is 0 Å². The molecule has 0 aliphatic heterocycles. The fourth-order valence-corrected chi connectivity index (χ4v) is 1.56. The molecule has 1 heteroatoms. The van der Waals surface area contributed by atoms with Gasteiger partial charge >= 0.3 is 0 Å². The molecule has 0 atom stereocenters. The van der Waals surface area contributed by atoms with Crippen LogP contribution in [-0.4, -0.2) is 13.3 Å². The smallest absolute Gasteiger partial charge is 0.0277 e. The Balaban J connectivity index is 2.35. The maximum absolute atomic E-state index is 4.01. The average molecular weight is 157 g/mol. The van der Waals surface area contributed by atoms with Crippen LogP contribution in [0.15, 0.2) is 34.8 Å². The van der Waals surface area contributed by atoms with Crippen LogP contribution in [0.3, 0.4) is 0 Å². The van der Waals surface area contributed by atoms with Crippen molar-refractivity contribution in [2.75, 3.05) is 7.05 Å². The van der Waals surface area contributed by atoms with Crippen LogP contribution in [0.25, 0.3) is 6.08 Å². The summed E-state index contributed by atoms with van der Waals surface area (Å²) in [7, 11) is 1.81.